The summed E-state index contributed by atoms with van der Waals surface area (Å²) in [6.45, 7) is 0. The highest BCUT2D eigenvalue weighted by molar-refractivity contribution is 6.00. The van der Waals surface area contributed by atoms with Crippen LogP contribution in [0.25, 0.3) is 55.8 Å². The summed E-state index contributed by atoms with van der Waals surface area (Å²) in [4.78, 5) is 29.9. The van der Waals surface area contributed by atoms with Gasteiger partial charge in [0.05, 0.1) is 40.9 Å². The second kappa shape index (κ2) is 9.92. The highest BCUT2D eigenvalue weighted by Gasteiger charge is 2.16. The number of aromatic nitrogens is 6. The van der Waals surface area contributed by atoms with E-state index in [-0.39, 0.29) is 5.91 Å². The molecule has 0 aliphatic carbocycles. The van der Waals surface area contributed by atoms with E-state index in [2.05, 4.69) is 42.6 Å². The van der Waals surface area contributed by atoms with Gasteiger partial charge in [-0.3, -0.25) is 19.9 Å². The van der Waals surface area contributed by atoms with Crippen LogP contribution < -0.4 is 5.32 Å². The van der Waals surface area contributed by atoms with Crippen molar-refractivity contribution < 1.29 is 4.79 Å². The van der Waals surface area contributed by atoms with Gasteiger partial charge in [0, 0.05) is 34.4 Å². The third kappa shape index (κ3) is 4.48. The molecular weight excluding hydrogens is 498 g/mol. The standard InChI is InChI=1S/C32H23N7O/c40-30(15-20-7-2-1-3-8-20)35-22-16-21(18-33-19-22)25-12-13-28-31(37-25)32(39-38-28)29-17-24-23(9-6-11-27(24)36-29)26-10-4-5-14-34-26/h1-14,16-19,36H,15H2,(H,35,40)(H,38,39). The Morgan fingerprint density at radius 1 is 0.825 bits per heavy atom. The molecule has 3 N–H and O–H groups in total. The molecule has 0 unspecified atom stereocenters. The number of anilines is 1. The monoisotopic (exact) mass is 521 g/mol. The Kier molecular flexibility index (Phi) is 5.82. The van der Waals surface area contributed by atoms with Crippen molar-refractivity contribution in [1.82, 2.24) is 30.1 Å². The average Bonchev–Trinajstić information content (AvgIpc) is 3.62. The Bertz CT molecular complexity index is 1980. The summed E-state index contributed by atoms with van der Waals surface area (Å²) in [7, 11) is 0. The van der Waals surface area contributed by atoms with Crippen molar-refractivity contribution in [2.45, 2.75) is 6.42 Å². The van der Waals surface area contributed by atoms with Crippen LogP contribution in [0.5, 0.6) is 0 Å². The predicted octanol–water partition coefficient (Wildman–Crippen LogP) is 6.41. The Balaban J connectivity index is 1.21. The van der Waals surface area contributed by atoms with Crippen LogP contribution in [0.3, 0.4) is 0 Å². The zero-order valence-corrected chi connectivity index (χ0v) is 21.3. The summed E-state index contributed by atoms with van der Waals surface area (Å²) in [6, 6.07) is 29.5. The molecule has 40 heavy (non-hydrogen) atoms. The summed E-state index contributed by atoms with van der Waals surface area (Å²) in [5.41, 5.74) is 9.18. The van der Waals surface area contributed by atoms with Crippen LogP contribution in [-0.2, 0) is 11.2 Å². The topological polar surface area (TPSA) is 112 Å². The molecule has 0 aliphatic heterocycles. The highest BCUT2D eigenvalue weighted by Crippen LogP contribution is 2.33. The molecule has 0 atom stereocenters. The number of fused-ring (bicyclic) bond motifs is 2. The maximum atomic E-state index is 12.6. The summed E-state index contributed by atoms with van der Waals surface area (Å²) in [5.74, 6) is -0.102. The molecule has 5 heterocycles. The van der Waals surface area contributed by atoms with Crippen molar-refractivity contribution in [3.05, 3.63) is 115 Å². The molecule has 2 aromatic carbocycles. The Labute approximate surface area is 229 Å². The Hall–Kier alpha value is -5.63. The number of carbonyl (C=O) groups is 1. The van der Waals surface area contributed by atoms with Gasteiger partial charge >= 0.3 is 0 Å². The number of carbonyl (C=O) groups excluding carboxylic acids is 1. The molecule has 8 nitrogen and oxygen atoms in total. The van der Waals surface area contributed by atoms with Crippen LogP contribution in [0.4, 0.5) is 5.69 Å². The van der Waals surface area contributed by atoms with Crippen LogP contribution in [0.1, 0.15) is 5.56 Å². The van der Waals surface area contributed by atoms with E-state index in [0.29, 0.717) is 12.1 Å². The smallest absolute Gasteiger partial charge is 0.228 e. The summed E-state index contributed by atoms with van der Waals surface area (Å²) >= 11 is 0. The minimum absolute atomic E-state index is 0.102. The molecule has 8 heteroatoms. The third-order valence-corrected chi connectivity index (χ3v) is 6.79. The van der Waals surface area contributed by atoms with Gasteiger partial charge in [0.1, 0.15) is 11.2 Å². The summed E-state index contributed by atoms with van der Waals surface area (Å²) in [5, 5.41) is 11.7. The number of nitrogens with one attached hydrogen (secondary N) is 3. The first-order valence-corrected chi connectivity index (χ1v) is 12.9. The first kappa shape index (κ1) is 23.5. The van der Waals surface area contributed by atoms with E-state index in [1.807, 2.05) is 78.9 Å². The molecule has 7 rings (SSSR count). The zero-order chi connectivity index (χ0) is 26.9. The number of nitrogens with zero attached hydrogens (tertiary/aromatic N) is 4. The van der Waals surface area contributed by atoms with E-state index in [9.17, 15) is 4.79 Å². The average molecular weight is 522 g/mol. The van der Waals surface area contributed by atoms with Crippen molar-refractivity contribution in [2.24, 2.45) is 0 Å². The Morgan fingerprint density at radius 2 is 1.73 bits per heavy atom. The minimum atomic E-state index is -0.102. The lowest BCUT2D eigenvalue weighted by atomic mass is 10.1. The molecule has 1 amide bonds. The zero-order valence-electron chi connectivity index (χ0n) is 21.3. The van der Waals surface area contributed by atoms with Gasteiger partial charge in [-0.2, -0.15) is 5.10 Å². The van der Waals surface area contributed by atoms with E-state index in [1.54, 1.807) is 18.6 Å². The molecule has 0 fully saturated rings. The van der Waals surface area contributed by atoms with Crippen LogP contribution in [0.2, 0.25) is 0 Å². The predicted molar refractivity (Wildman–Crippen MR) is 156 cm³/mol. The molecule has 0 bridgehead atoms. The summed E-state index contributed by atoms with van der Waals surface area (Å²) < 4.78 is 0. The van der Waals surface area contributed by atoms with Gasteiger partial charge in [0.2, 0.25) is 5.91 Å². The molecule has 0 radical (unpaired) electrons. The number of amides is 1. The van der Waals surface area contributed by atoms with Gasteiger partial charge in [-0.05, 0) is 48.0 Å². The van der Waals surface area contributed by atoms with Crippen LogP contribution in [0, 0.1) is 0 Å². The van der Waals surface area contributed by atoms with Gasteiger partial charge in [-0.15, -0.1) is 0 Å². The number of benzene rings is 2. The molecule has 192 valence electrons. The molecule has 7 aromatic rings. The number of hydrogen-bond donors (Lipinski definition) is 3. The number of pyridine rings is 3. The van der Waals surface area contributed by atoms with Crippen LogP contribution >= 0.6 is 0 Å². The fourth-order valence-electron chi connectivity index (χ4n) is 4.91. The first-order valence-electron chi connectivity index (χ1n) is 12.9. The largest absolute Gasteiger partial charge is 0.353 e. The summed E-state index contributed by atoms with van der Waals surface area (Å²) in [6.07, 6.45) is 5.47. The fraction of sp³-hybridized carbons (Fsp3) is 0.0312. The van der Waals surface area contributed by atoms with E-state index in [0.717, 1.165) is 61.4 Å². The Morgan fingerprint density at radius 3 is 2.60 bits per heavy atom. The maximum Gasteiger partial charge on any atom is 0.228 e. The normalized spacial score (nSPS) is 11.2. The van der Waals surface area contributed by atoms with Gasteiger partial charge in [0.25, 0.3) is 0 Å². The second-order valence-corrected chi connectivity index (χ2v) is 9.50. The fourth-order valence-corrected chi connectivity index (χ4v) is 4.91. The van der Waals surface area contributed by atoms with E-state index in [1.165, 1.54) is 0 Å². The van der Waals surface area contributed by atoms with Crippen LogP contribution in [0.15, 0.2) is 110 Å². The molecule has 0 saturated heterocycles. The van der Waals surface area contributed by atoms with E-state index < -0.39 is 0 Å². The molecule has 0 saturated carbocycles. The number of hydrogen-bond acceptors (Lipinski definition) is 5. The third-order valence-electron chi connectivity index (χ3n) is 6.79. The van der Waals surface area contributed by atoms with Gasteiger partial charge < -0.3 is 10.3 Å². The molecule has 0 spiro atoms. The van der Waals surface area contributed by atoms with Gasteiger partial charge in [-0.25, -0.2) is 4.98 Å². The quantitative estimate of drug-likeness (QED) is 0.234. The van der Waals surface area contributed by atoms with Gasteiger partial charge in [0.15, 0.2) is 0 Å². The number of rotatable bonds is 6. The minimum Gasteiger partial charge on any atom is -0.353 e. The lowest BCUT2D eigenvalue weighted by molar-refractivity contribution is -0.115. The second-order valence-electron chi connectivity index (χ2n) is 9.50. The highest BCUT2D eigenvalue weighted by atomic mass is 16.1. The maximum absolute atomic E-state index is 12.6. The molecule has 5 aromatic heterocycles. The van der Waals surface area contributed by atoms with Crippen molar-refractivity contribution >= 4 is 33.5 Å². The number of aromatic amines is 2. The molecular formula is C32H23N7O. The van der Waals surface area contributed by atoms with Crippen molar-refractivity contribution in [1.29, 1.82) is 0 Å². The lowest BCUT2D eigenvalue weighted by Gasteiger charge is -2.07. The molecule has 0 aliphatic rings. The first-order chi connectivity index (χ1) is 19.7. The van der Waals surface area contributed by atoms with Gasteiger partial charge in [-0.1, -0.05) is 48.5 Å². The van der Waals surface area contributed by atoms with E-state index in [4.69, 9.17) is 4.98 Å². The van der Waals surface area contributed by atoms with Crippen LogP contribution in [-0.4, -0.2) is 36.0 Å². The van der Waals surface area contributed by atoms with Crippen molar-refractivity contribution in [3.8, 4) is 33.9 Å². The van der Waals surface area contributed by atoms with Crippen molar-refractivity contribution in [3.63, 3.8) is 0 Å². The van der Waals surface area contributed by atoms with E-state index >= 15 is 0 Å². The lowest BCUT2D eigenvalue weighted by Crippen LogP contribution is -2.14. The number of H-pyrrole nitrogens is 2. The SMILES string of the molecule is O=C(Cc1ccccc1)Nc1cncc(-c2ccc3[nH]nc(-c4cc5c(-c6ccccn6)cccc5[nH]4)c3n2)c1. The van der Waals surface area contributed by atoms with Crippen molar-refractivity contribution in [2.75, 3.05) is 5.32 Å².